The number of halogens is 2. The number of amides is 1. The second kappa shape index (κ2) is 8.29. The molecule has 0 aliphatic rings. The highest BCUT2D eigenvalue weighted by Gasteiger charge is 2.30. The molecule has 0 fully saturated rings. The van der Waals surface area contributed by atoms with Crippen molar-refractivity contribution in [2.24, 2.45) is 0 Å². The fourth-order valence-electron chi connectivity index (χ4n) is 2.48. The van der Waals surface area contributed by atoms with Gasteiger partial charge in [0.25, 0.3) is 0 Å². The van der Waals surface area contributed by atoms with Crippen LogP contribution in [0.4, 0.5) is 5.69 Å². The molecule has 140 valence electrons. The lowest BCUT2D eigenvalue weighted by Crippen LogP contribution is -2.47. The average Bonchev–Trinajstić information content (AvgIpc) is 2.56. The van der Waals surface area contributed by atoms with Crippen molar-refractivity contribution >= 4 is 44.8 Å². The van der Waals surface area contributed by atoms with Gasteiger partial charge in [-0.3, -0.25) is 9.10 Å². The second-order valence-corrected chi connectivity index (χ2v) is 8.74. The van der Waals surface area contributed by atoms with Crippen molar-refractivity contribution in [1.82, 2.24) is 5.32 Å². The van der Waals surface area contributed by atoms with E-state index in [0.717, 1.165) is 21.7 Å². The van der Waals surface area contributed by atoms with Crippen LogP contribution in [0, 0.1) is 6.92 Å². The zero-order valence-electron chi connectivity index (χ0n) is 14.7. The molecule has 0 aromatic heterocycles. The number of hydrogen-bond acceptors (Lipinski definition) is 3. The molecule has 0 bridgehead atoms. The molecule has 0 aliphatic heterocycles. The molecule has 0 radical (unpaired) electrons. The first kappa shape index (κ1) is 20.6. The number of carbonyl (C=O) groups is 1. The first-order valence-electron chi connectivity index (χ1n) is 7.87. The summed E-state index contributed by atoms with van der Waals surface area (Å²) in [6.07, 6.45) is 1.02. The smallest absolute Gasteiger partial charge is 0.243 e. The number of anilines is 1. The largest absolute Gasteiger partial charge is 0.350 e. The van der Waals surface area contributed by atoms with E-state index in [4.69, 9.17) is 23.2 Å². The van der Waals surface area contributed by atoms with Crippen LogP contribution in [0.1, 0.15) is 18.1 Å². The topological polar surface area (TPSA) is 66.5 Å². The molecule has 2 rings (SSSR count). The molecule has 0 heterocycles. The Balaban J connectivity index is 2.23. The third-order valence-electron chi connectivity index (χ3n) is 3.82. The van der Waals surface area contributed by atoms with Gasteiger partial charge in [-0.15, -0.1) is 0 Å². The van der Waals surface area contributed by atoms with Crippen LogP contribution in [0.15, 0.2) is 42.5 Å². The summed E-state index contributed by atoms with van der Waals surface area (Å²) < 4.78 is 25.6. The highest BCUT2D eigenvalue weighted by molar-refractivity contribution is 7.92. The van der Waals surface area contributed by atoms with E-state index in [0.29, 0.717) is 11.6 Å². The highest BCUT2D eigenvalue weighted by atomic mass is 35.5. The van der Waals surface area contributed by atoms with Gasteiger partial charge in [0.15, 0.2) is 0 Å². The lowest BCUT2D eigenvalue weighted by molar-refractivity contribution is -0.122. The van der Waals surface area contributed by atoms with Crippen molar-refractivity contribution in [1.29, 1.82) is 0 Å². The summed E-state index contributed by atoms with van der Waals surface area (Å²) in [6, 6.07) is 11.2. The number of nitrogens with zero attached hydrogens (tertiary/aromatic N) is 1. The molecule has 0 saturated heterocycles. The van der Waals surface area contributed by atoms with Gasteiger partial charge in [0.2, 0.25) is 15.9 Å². The van der Waals surface area contributed by atoms with Crippen molar-refractivity contribution in [3.8, 4) is 0 Å². The van der Waals surface area contributed by atoms with E-state index < -0.39 is 22.0 Å². The summed E-state index contributed by atoms with van der Waals surface area (Å²) in [5.74, 6) is -0.438. The Kier molecular flexibility index (Phi) is 6.55. The van der Waals surface area contributed by atoms with E-state index >= 15 is 0 Å². The van der Waals surface area contributed by atoms with E-state index in [1.54, 1.807) is 6.07 Å². The molecule has 0 aliphatic carbocycles. The molecular weight excluding hydrogens is 395 g/mol. The summed E-state index contributed by atoms with van der Waals surface area (Å²) in [4.78, 5) is 12.5. The van der Waals surface area contributed by atoms with Crippen LogP contribution in [0.3, 0.4) is 0 Å². The van der Waals surface area contributed by atoms with Crippen molar-refractivity contribution in [3.05, 3.63) is 63.6 Å². The third kappa shape index (κ3) is 5.13. The number of benzene rings is 2. The Hall–Kier alpha value is -1.76. The van der Waals surface area contributed by atoms with Crippen molar-refractivity contribution < 1.29 is 13.2 Å². The van der Waals surface area contributed by atoms with Crippen LogP contribution in [-0.4, -0.2) is 26.6 Å². The molecule has 1 N–H and O–H groups in total. The predicted octanol–water partition coefficient (Wildman–Crippen LogP) is 3.77. The SMILES string of the molecule is Cc1ccc(CNC(=O)[C@H](C)N(c2cc(Cl)ccc2Cl)S(C)(=O)=O)cc1. The van der Waals surface area contributed by atoms with Crippen LogP contribution in [-0.2, 0) is 21.4 Å². The van der Waals surface area contributed by atoms with E-state index in [2.05, 4.69) is 5.32 Å². The minimum atomic E-state index is -3.76. The van der Waals surface area contributed by atoms with E-state index in [9.17, 15) is 13.2 Å². The normalized spacial score (nSPS) is 12.5. The Morgan fingerprint density at radius 2 is 1.77 bits per heavy atom. The summed E-state index contributed by atoms with van der Waals surface area (Å²) >= 11 is 12.1. The predicted molar refractivity (Wildman–Crippen MR) is 106 cm³/mol. The lowest BCUT2D eigenvalue weighted by Gasteiger charge is -2.29. The Morgan fingerprint density at radius 1 is 1.15 bits per heavy atom. The zero-order chi connectivity index (χ0) is 19.5. The van der Waals surface area contributed by atoms with Gasteiger partial charge in [-0.2, -0.15) is 0 Å². The first-order chi connectivity index (χ1) is 12.1. The maximum absolute atomic E-state index is 12.5. The number of carbonyl (C=O) groups excluding carboxylic acids is 1. The molecule has 0 saturated carbocycles. The molecule has 1 atom stereocenters. The van der Waals surface area contributed by atoms with Gasteiger partial charge < -0.3 is 5.32 Å². The van der Waals surface area contributed by atoms with Crippen molar-refractivity contribution in [2.45, 2.75) is 26.4 Å². The molecule has 0 spiro atoms. The number of nitrogens with one attached hydrogen (secondary N) is 1. The molecule has 2 aromatic rings. The van der Waals surface area contributed by atoms with Crippen LogP contribution < -0.4 is 9.62 Å². The van der Waals surface area contributed by atoms with Gasteiger partial charge in [0, 0.05) is 11.6 Å². The van der Waals surface area contributed by atoms with Gasteiger partial charge in [-0.25, -0.2) is 8.42 Å². The molecule has 8 heteroatoms. The van der Waals surface area contributed by atoms with Gasteiger partial charge in [0.1, 0.15) is 6.04 Å². The monoisotopic (exact) mass is 414 g/mol. The highest BCUT2D eigenvalue weighted by Crippen LogP contribution is 2.32. The number of hydrogen-bond donors (Lipinski definition) is 1. The minimum Gasteiger partial charge on any atom is -0.350 e. The Labute approximate surface area is 164 Å². The maximum Gasteiger partial charge on any atom is 0.243 e. The fraction of sp³-hybridized carbons (Fsp3) is 0.278. The van der Waals surface area contributed by atoms with Crippen LogP contribution in [0.25, 0.3) is 0 Å². The molecular formula is C18H20Cl2N2O3S. The Morgan fingerprint density at radius 3 is 2.35 bits per heavy atom. The summed E-state index contributed by atoms with van der Waals surface area (Å²) in [6.45, 7) is 3.77. The molecule has 1 amide bonds. The summed E-state index contributed by atoms with van der Waals surface area (Å²) in [5.41, 5.74) is 2.20. The fourth-order valence-corrected chi connectivity index (χ4v) is 4.08. The zero-order valence-corrected chi connectivity index (χ0v) is 17.0. The summed E-state index contributed by atoms with van der Waals surface area (Å²) in [7, 11) is -3.76. The van der Waals surface area contributed by atoms with Crippen LogP contribution >= 0.6 is 23.2 Å². The Bertz CT molecular complexity index is 899. The van der Waals surface area contributed by atoms with E-state index in [-0.39, 0.29) is 10.7 Å². The van der Waals surface area contributed by atoms with Gasteiger partial charge in [-0.05, 0) is 37.6 Å². The van der Waals surface area contributed by atoms with Gasteiger partial charge >= 0.3 is 0 Å². The quantitative estimate of drug-likeness (QED) is 0.781. The molecule has 5 nitrogen and oxygen atoms in total. The van der Waals surface area contributed by atoms with Crippen molar-refractivity contribution in [2.75, 3.05) is 10.6 Å². The number of sulfonamides is 1. The minimum absolute atomic E-state index is 0.166. The first-order valence-corrected chi connectivity index (χ1v) is 10.5. The third-order valence-corrected chi connectivity index (χ3v) is 5.60. The second-order valence-electron chi connectivity index (χ2n) is 6.03. The molecule has 2 aromatic carbocycles. The number of rotatable bonds is 6. The van der Waals surface area contributed by atoms with Gasteiger partial charge in [0.05, 0.1) is 17.0 Å². The lowest BCUT2D eigenvalue weighted by atomic mass is 10.1. The molecule has 0 unspecified atom stereocenters. The van der Waals surface area contributed by atoms with Gasteiger partial charge in [-0.1, -0.05) is 53.0 Å². The summed E-state index contributed by atoms with van der Waals surface area (Å²) in [5, 5.41) is 3.27. The van der Waals surface area contributed by atoms with Crippen LogP contribution in [0.5, 0.6) is 0 Å². The maximum atomic E-state index is 12.5. The van der Waals surface area contributed by atoms with E-state index in [1.807, 2.05) is 31.2 Å². The standard InChI is InChI=1S/C18H20Cl2N2O3S/c1-12-4-6-14(7-5-12)11-21-18(23)13(2)22(26(3,24)25)17-10-15(19)8-9-16(17)20/h4-10,13H,11H2,1-3H3,(H,21,23)/t13-/m0/s1. The van der Waals surface area contributed by atoms with Crippen molar-refractivity contribution in [3.63, 3.8) is 0 Å². The van der Waals surface area contributed by atoms with E-state index in [1.165, 1.54) is 19.1 Å². The average molecular weight is 415 g/mol. The number of aryl methyl sites for hydroxylation is 1. The van der Waals surface area contributed by atoms with Crippen LogP contribution in [0.2, 0.25) is 10.0 Å². The molecule has 26 heavy (non-hydrogen) atoms.